The summed E-state index contributed by atoms with van der Waals surface area (Å²) in [4.78, 5) is 155. The van der Waals surface area contributed by atoms with E-state index in [1.165, 1.54) is 49.1 Å². The van der Waals surface area contributed by atoms with Crippen molar-refractivity contribution >= 4 is 105 Å². The van der Waals surface area contributed by atoms with Crippen molar-refractivity contribution in [3.05, 3.63) is 154 Å². The van der Waals surface area contributed by atoms with E-state index in [-0.39, 0.29) is 145 Å². The normalized spacial score (nSPS) is 21.3. The molecule has 19 rings (SSSR count). The van der Waals surface area contributed by atoms with Crippen molar-refractivity contribution in [2.24, 2.45) is 31.8 Å². The minimum Gasteiger partial charge on any atom is -0.396 e. The van der Waals surface area contributed by atoms with Gasteiger partial charge in [-0.2, -0.15) is 15.3 Å². The van der Waals surface area contributed by atoms with Crippen LogP contribution in [0.2, 0.25) is 0 Å². The van der Waals surface area contributed by atoms with Crippen LogP contribution in [0.25, 0.3) is 22.1 Å². The van der Waals surface area contributed by atoms with Crippen molar-refractivity contribution in [1.82, 2.24) is 93.4 Å². The number of fused-ring (bicyclic) bond motifs is 3. The Balaban J connectivity index is 0.000000168. The molecule has 16 heterocycles. The van der Waals surface area contributed by atoms with Gasteiger partial charge in [-0.25, -0.2) is 35.9 Å². The minimum atomic E-state index is -2.98. The molecular formula is C91H118ClF6N23O15W2. The predicted octanol–water partition coefficient (Wildman–Crippen LogP) is 9.26. The zero-order valence-corrected chi connectivity index (χ0v) is 83.6. The molecule has 0 aliphatic carbocycles. The van der Waals surface area contributed by atoms with E-state index >= 15 is 0 Å². The third-order valence-corrected chi connectivity index (χ3v) is 28.2. The number of nitro groups is 2. The molecule has 3 unspecified atom stereocenters. The van der Waals surface area contributed by atoms with E-state index in [0.717, 1.165) is 215 Å². The number of imide groups is 3. The van der Waals surface area contributed by atoms with Gasteiger partial charge in [0.1, 0.15) is 36.8 Å². The number of nitrogens with one attached hydrogen (secondary N) is 4. The van der Waals surface area contributed by atoms with Gasteiger partial charge in [-0.1, -0.05) is 36.4 Å². The van der Waals surface area contributed by atoms with Crippen molar-refractivity contribution in [1.29, 1.82) is 0 Å². The Morgan fingerprint density at radius 3 is 1.19 bits per heavy atom. The molecule has 6 N–H and O–H groups in total. The number of para-hydroxylation sites is 2. The van der Waals surface area contributed by atoms with Gasteiger partial charge in [0.25, 0.3) is 19.3 Å². The van der Waals surface area contributed by atoms with E-state index in [4.69, 9.17) is 10.5 Å². The molecular weight excluding hydrogens is 2170 g/mol. The van der Waals surface area contributed by atoms with Crippen molar-refractivity contribution in [3.63, 3.8) is 0 Å². The third-order valence-electron chi connectivity index (χ3n) is 28.2. The van der Waals surface area contributed by atoms with E-state index < -0.39 is 87.7 Å². The summed E-state index contributed by atoms with van der Waals surface area (Å²) in [5.74, 6) is -0.653. The molecule has 38 nitrogen and oxygen atoms in total. The number of nitrogens with two attached hydrogens (primary N) is 1. The van der Waals surface area contributed by atoms with Crippen molar-refractivity contribution < 1.29 is 121 Å². The van der Waals surface area contributed by atoms with Gasteiger partial charge in [0.05, 0.1) is 62.1 Å². The van der Waals surface area contributed by atoms with E-state index in [9.17, 15) is 94.5 Å². The number of amides is 7. The molecule has 11 aliphatic rings. The summed E-state index contributed by atoms with van der Waals surface area (Å²) in [7, 11) is 3.46. The number of ether oxygens (including phenoxy) is 1. The predicted molar refractivity (Wildman–Crippen MR) is 489 cm³/mol. The van der Waals surface area contributed by atoms with Crippen LogP contribution in [0.3, 0.4) is 0 Å². The molecule has 3 aromatic carbocycles. The molecule has 10 fully saturated rings. The Morgan fingerprint density at radius 1 is 0.478 bits per heavy atom. The molecule has 0 spiro atoms. The van der Waals surface area contributed by atoms with Crippen LogP contribution in [0.15, 0.2) is 82.8 Å². The molecule has 5 aromatic heterocycles. The zero-order chi connectivity index (χ0) is 95.6. The molecule has 3 atom stereocenters. The van der Waals surface area contributed by atoms with Crippen LogP contribution >= 0.6 is 12.4 Å². The number of hydrogen-bond donors (Lipinski definition) is 5. The molecule has 0 bridgehead atoms. The largest absolute Gasteiger partial charge is 0.396 e. The zero-order valence-electron chi connectivity index (χ0n) is 77.0. The van der Waals surface area contributed by atoms with Gasteiger partial charge >= 0.3 is 22.8 Å². The number of rotatable bonds is 22. The van der Waals surface area contributed by atoms with Crippen LogP contribution in [0.4, 0.5) is 49.1 Å². The molecule has 8 aromatic rings. The number of carbonyl (C=O) groups is 8. The van der Waals surface area contributed by atoms with Gasteiger partial charge in [0.15, 0.2) is 5.69 Å². The van der Waals surface area contributed by atoms with Crippen LogP contribution in [0.5, 0.6) is 0 Å². The first kappa shape index (κ1) is 107. The summed E-state index contributed by atoms with van der Waals surface area (Å²) in [5, 5.41) is 44.1. The molecule has 11 aliphatic heterocycles. The Labute approximate surface area is 825 Å². The van der Waals surface area contributed by atoms with Gasteiger partial charge < -0.3 is 30.5 Å². The van der Waals surface area contributed by atoms with E-state index in [1.54, 1.807) is 52.3 Å². The number of aryl methyl sites for hydroxylation is 2. The summed E-state index contributed by atoms with van der Waals surface area (Å²) >= 11 is 0. The third kappa shape index (κ3) is 25.1. The number of nitrogen functional groups attached to an aromatic ring is 1. The second-order valence-corrected chi connectivity index (χ2v) is 37.0. The van der Waals surface area contributed by atoms with Crippen LogP contribution in [0, 0.1) is 38.0 Å². The Bertz CT molecular complexity index is 5770. The van der Waals surface area contributed by atoms with Gasteiger partial charge in [0.2, 0.25) is 52.7 Å². The van der Waals surface area contributed by atoms with Gasteiger partial charge in [0, 0.05) is 178 Å². The summed E-state index contributed by atoms with van der Waals surface area (Å²) in [5.41, 5.74) is 9.05. The quantitative estimate of drug-likeness (QED) is 0.0139. The number of likely N-dealkylation sites (tertiary alicyclic amines) is 5. The molecule has 47 heteroatoms. The topological polar surface area (TPSA) is 433 Å². The second kappa shape index (κ2) is 48.4. The number of hydrogen-bond acceptors (Lipinski definition) is 25. The van der Waals surface area contributed by atoms with Crippen LogP contribution in [0.1, 0.15) is 222 Å². The fraction of sp³-hybridized carbons (Fsp3) is 0.593. The monoisotopic (exact) mass is 2290 g/mol. The number of piperidine rings is 9. The minimum absolute atomic E-state index is 0. The molecule has 748 valence electrons. The first-order valence-electron chi connectivity index (χ1n) is 46.8. The molecule has 138 heavy (non-hydrogen) atoms. The van der Waals surface area contributed by atoms with Crippen LogP contribution in [-0.2, 0) is 114 Å². The number of anilines is 2. The number of imidazole rings is 2. The molecule has 7 amide bonds. The van der Waals surface area contributed by atoms with Crippen molar-refractivity contribution in [2.45, 2.75) is 203 Å². The summed E-state index contributed by atoms with van der Waals surface area (Å²) in [6.07, 6.45) is 11.5. The Morgan fingerprint density at radius 2 is 0.841 bits per heavy atom. The van der Waals surface area contributed by atoms with E-state index in [1.807, 2.05) is 36.4 Å². The SMILES string of the molecule is C1CCOC1.Cl.Cn1c(=O)n(C2CCC(=O)NC2=O)c2cccc(CN3CCC(CN4CCC(n5cc(N)c(C(F)F)n5)CC4)CC3)c21.Cn1c(=O)n(C2CCC(=O)NC2=O)c2cccc(CN3CCC(CN4CCC(n5cc([N+](=O)[O-])c(C(F)F)n5)CC4)CC3)c21.O=Cc1cccc2c1CC(=O)N2C1CCC(=O)NC1=O.O=[N+]([O-])c1cn(C2CCN(CC3CCNCC3)CC2)nc1C(F)F.[W].[W]. The number of alkyl halides is 6. The number of aldehydes is 1. The molecule has 0 radical (unpaired) electrons. The standard InChI is InChI=1S/C29H36F2N8O5.C29H38F2N8O3.C15H23F2N5O2.C14H12N2O4.C4H8O.ClH.2W/c1-34-26-19(3-2-4-21(26)38(29(34)42)22-5-6-24(40)32-28(22)41)16-36-11-7-18(8-12-36)15-35-13-9-20(10-14-35)37-17-23(39(43)44)25(33-37)27(30)31;1-35-26-19(3-2-4-22(26)39(29(35)42)23-5-6-24(40)33-28(23)41)16-37-11-7-18(8-12-37)15-36-13-9-20(10-14-36)38-17-21(32)25(34-38)27(30)31;16-15(17)14-13(22(23)24)10-21(19-14)12-3-7-20(8-4-12)9-11-1-5-18-6-2-11;17-7-8-2-1-3-10-9(8)6-13(19)16(10)11-4-5-12(18)15-14(11)20;1-2-4-5-3-1;;;/h2-4,17-18,20,22,27H,5-16H2,1H3,(H,32,40,41);2-4,17-18,20,23,27H,5-16,32H2,1H3,(H,33,40,41);10-12,15,18H,1-9H2;1-3,7,11H,4-6H2,(H,15,18,20);1-4H2;1H;;. The number of benzene rings is 3. The average Bonchev–Trinajstić information content (AvgIpc) is 1.60. The number of nitrogens with zero attached hydrogens (tertiary/aromatic N) is 18. The maximum absolute atomic E-state index is 13.2. The van der Waals surface area contributed by atoms with Crippen LogP contribution in [-0.4, -0.2) is 247 Å². The number of aromatic nitrogens is 10. The van der Waals surface area contributed by atoms with E-state index in [0.29, 0.717) is 79.1 Å². The smallest absolute Gasteiger partial charge is 0.329 e. The first-order chi connectivity index (χ1) is 64.9. The van der Waals surface area contributed by atoms with Crippen molar-refractivity contribution in [2.75, 3.05) is 122 Å². The fourth-order valence-electron chi connectivity index (χ4n) is 21.0. The van der Waals surface area contributed by atoms with Gasteiger partial charge in [-0.15, -0.1) is 12.4 Å². The van der Waals surface area contributed by atoms with Gasteiger partial charge in [-0.05, 0) is 201 Å². The maximum Gasteiger partial charge on any atom is 0.329 e. The first-order valence-corrected chi connectivity index (χ1v) is 46.8. The molecule has 10 saturated heterocycles. The fourth-order valence-corrected chi connectivity index (χ4v) is 21.0. The average molecular weight is 2290 g/mol. The Kier molecular flexibility index (Phi) is 37.5. The summed E-state index contributed by atoms with van der Waals surface area (Å²) in [6, 6.07) is 14.5. The van der Waals surface area contributed by atoms with E-state index in [2.05, 4.69) is 61.1 Å². The maximum atomic E-state index is 13.2. The van der Waals surface area contributed by atoms with Gasteiger partial charge in [-0.3, -0.25) is 122 Å². The Hall–Kier alpha value is -10.0. The number of carbonyl (C=O) groups excluding carboxylic acids is 8. The summed E-state index contributed by atoms with van der Waals surface area (Å²) in [6.45, 7) is 17.5. The van der Waals surface area contributed by atoms with Crippen LogP contribution < -0.4 is 43.3 Å². The second-order valence-electron chi connectivity index (χ2n) is 37.0. The van der Waals surface area contributed by atoms with Crippen molar-refractivity contribution in [3.8, 4) is 0 Å². The number of halogens is 7. The molecule has 0 saturated carbocycles. The summed E-state index contributed by atoms with van der Waals surface area (Å²) < 4.78 is 93.9.